The van der Waals surface area contributed by atoms with Gasteiger partial charge in [-0.15, -0.1) is 24.5 Å². The quantitative estimate of drug-likeness (QED) is 0.356. The molecule has 2 heterocycles. The van der Waals surface area contributed by atoms with Gasteiger partial charge >= 0.3 is 0 Å². The molecule has 0 spiro atoms. The molecule has 33 heavy (non-hydrogen) atoms. The summed E-state index contributed by atoms with van der Waals surface area (Å²) in [6.45, 7) is 9.69. The van der Waals surface area contributed by atoms with Crippen molar-refractivity contribution < 1.29 is 23.8 Å². The number of carbonyl (C=O) groups is 1. The van der Waals surface area contributed by atoms with Crippen LogP contribution in [0.1, 0.15) is 16.5 Å². The van der Waals surface area contributed by atoms with Gasteiger partial charge in [0, 0.05) is 24.5 Å². The van der Waals surface area contributed by atoms with E-state index in [1.807, 2.05) is 21.2 Å². The van der Waals surface area contributed by atoms with Crippen molar-refractivity contribution in [3.05, 3.63) is 77.3 Å². The highest BCUT2D eigenvalue weighted by Crippen LogP contribution is 2.34. The van der Waals surface area contributed by atoms with Gasteiger partial charge in [-0.2, -0.15) is 0 Å². The summed E-state index contributed by atoms with van der Waals surface area (Å²) < 4.78 is 24.5. The van der Waals surface area contributed by atoms with Crippen molar-refractivity contribution in [3.63, 3.8) is 0 Å². The van der Waals surface area contributed by atoms with Crippen molar-refractivity contribution in [1.82, 2.24) is 9.80 Å². The van der Waals surface area contributed by atoms with E-state index < -0.39 is 6.10 Å². The molecule has 1 amide bonds. The SMILES string of the molecule is C=CCOC[C@H](O)CN(CC=C)CC(=O)N1CCc2sccc2[C@H]1COc1ccc(F)cc1. The first-order valence-electron chi connectivity index (χ1n) is 11.0. The maximum absolute atomic E-state index is 13.3. The standard InChI is InChI=1S/C25H31FN2O4S/c1-3-11-27(15-20(29)17-31-13-4-2)16-25(30)28-12-9-24-22(10-14-33-24)23(28)18-32-21-7-5-19(26)6-8-21/h3-8,10,14,20,23,29H,1-2,9,11-13,15-18H2/t20-,23-/m1/s1. The summed E-state index contributed by atoms with van der Waals surface area (Å²) in [5.41, 5.74) is 1.09. The third-order valence-corrected chi connectivity index (χ3v) is 6.39. The lowest BCUT2D eigenvalue weighted by molar-refractivity contribution is -0.136. The Morgan fingerprint density at radius 1 is 1.30 bits per heavy atom. The molecule has 0 unspecified atom stereocenters. The molecule has 0 aliphatic carbocycles. The van der Waals surface area contributed by atoms with Crippen LogP contribution in [0.25, 0.3) is 0 Å². The highest BCUT2D eigenvalue weighted by molar-refractivity contribution is 7.10. The minimum Gasteiger partial charge on any atom is -0.491 e. The van der Waals surface area contributed by atoms with Gasteiger partial charge in [-0.3, -0.25) is 9.69 Å². The number of carbonyl (C=O) groups excluding carboxylic acids is 1. The molecule has 0 saturated carbocycles. The minimum atomic E-state index is -0.722. The van der Waals surface area contributed by atoms with Gasteiger partial charge in [-0.1, -0.05) is 12.2 Å². The van der Waals surface area contributed by atoms with Gasteiger partial charge < -0.3 is 19.5 Å². The molecule has 0 saturated heterocycles. The molecule has 0 radical (unpaired) electrons. The van der Waals surface area contributed by atoms with Gasteiger partial charge in [0.05, 0.1) is 31.9 Å². The van der Waals surface area contributed by atoms with Crippen LogP contribution in [0.5, 0.6) is 5.75 Å². The largest absolute Gasteiger partial charge is 0.491 e. The Bertz CT molecular complexity index is 917. The van der Waals surface area contributed by atoms with Crippen molar-refractivity contribution in [2.45, 2.75) is 18.6 Å². The summed E-state index contributed by atoms with van der Waals surface area (Å²) in [6.07, 6.45) is 3.42. The van der Waals surface area contributed by atoms with Crippen LogP contribution in [0.3, 0.4) is 0 Å². The van der Waals surface area contributed by atoms with E-state index in [-0.39, 0.29) is 37.5 Å². The molecule has 1 aliphatic rings. The fourth-order valence-electron chi connectivity index (χ4n) is 3.89. The van der Waals surface area contributed by atoms with Crippen LogP contribution in [0.2, 0.25) is 0 Å². The first-order valence-corrected chi connectivity index (χ1v) is 11.8. The van der Waals surface area contributed by atoms with Gasteiger partial charge in [0.2, 0.25) is 5.91 Å². The van der Waals surface area contributed by atoms with Crippen LogP contribution in [-0.4, -0.2) is 72.9 Å². The fraction of sp³-hybridized carbons (Fsp3) is 0.400. The Kier molecular flexibility index (Phi) is 9.62. The number of thiophene rings is 1. The second-order valence-corrected chi connectivity index (χ2v) is 8.88. The van der Waals surface area contributed by atoms with E-state index in [9.17, 15) is 14.3 Å². The molecule has 8 heteroatoms. The van der Waals surface area contributed by atoms with E-state index in [4.69, 9.17) is 9.47 Å². The first kappa shape index (κ1) is 25.1. The summed E-state index contributed by atoms with van der Waals surface area (Å²) in [4.78, 5) is 18.3. The van der Waals surface area contributed by atoms with Crippen LogP contribution >= 0.6 is 11.3 Å². The monoisotopic (exact) mass is 474 g/mol. The van der Waals surface area contributed by atoms with Crippen LogP contribution < -0.4 is 4.74 Å². The average Bonchev–Trinajstić information content (AvgIpc) is 3.28. The van der Waals surface area contributed by atoms with Crippen molar-refractivity contribution in [3.8, 4) is 5.75 Å². The number of halogens is 1. The van der Waals surface area contributed by atoms with Gasteiger partial charge in [-0.05, 0) is 47.7 Å². The summed E-state index contributed by atoms with van der Waals surface area (Å²) in [5.74, 6) is 0.194. The number of hydrogen-bond acceptors (Lipinski definition) is 6. The van der Waals surface area contributed by atoms with Crippen molar-refractivity contribution in [2.24, 2.45) is 0 Å². The second kappa shape index (κ2) is 12.6. The lowest BCUT2D eigenvalue weighted by atomic mass is 10.0. The maximum Gasteiger partial charge on any atom is 0.237 e. The van der Waals surface area contributed by atoms with Crippen molar-refractivity contribution in [1.29, 1.82) is 0 Å². The normalized spacial score (nSPS) is 16.3. The minimum absolute atomic E-state index is 0.0411. The van der Waals surface area contributed by atoms with Gasteiger partial charge in [-0.25, -0.2) is 4.39 Å². The molecule has 1 aromatic heterocycles. The highest BCUT2D eigenvalue weighted by Gasteiger charge is 2.33. The fourth-order valence-corrected chi connectivity index (χ4v) is 4.82. The van der Waals surface area contributed by atoms with Crippen LogP contribution in [0, 0.1) is 5.82 Å². The van der Waals surface area contributed by atoms with Crippen molar-refractivity contribution >= 4 is 17.2 Å². The third-order valence-electron chi connectivity index (χ3n) is 5.40. The van der Waals surface area contributed by atoms with Gasteiger partial charge in [0.15, 0.2) is 0 Å². The molecule has 1 aliphatic heterocycles. The Morgan fingerprint density at radius 2 is 2.09 bits per heavy atom. The van der Waals surface area contributed by atoms with Crippen molar-refractivity contribution in [2.75, 3.05) is 46.0 Å². The second-order valence-electron chi connectivity index (χ2n) is 7.88. The number of aliphatic hydroxyl groups is 1. The van der Waals surface area contributed by atoms with Gasteiger partial charge in [0.25, 0.3) is 0 Å². The van der Waals surface area contributed by atoms with E-state index in [2.05, 4.69) is 13.2 Å². The molecule has 6 nitrogen and oxygen atoms in total. The molecule has 2 aromatic rings. The third kappa shape index (κ3) is 7.23. The number of aliphatic hydroxyl groups excluding tert-OH is 1. The number of rotatable bonds is 13. The number of ether oxygens (including phenoxy) is 2. The Morgan fingerprint density at radius 3 is 2.82 bits per heavy atom. The number of amides is 1. The Hall–Kier alpha value is -2.52. The van der Waals surface area contributed by atoms with Gasteiger partial charge in [0.1, 0.15) is 18.2 Å². The number of hydrogen-bond donors (Lipinski definition) is 1. The number of nitrogens with zero attached hydrogens (tertiary/aromatic N) is 2. The van der Waals surface area contributed by atoms with E-state index in [1.165, 1.54) is 17.0 Å². The maximum atomic E-state index is 13.3. The molecular weight excluding hydrogens is 443 g/mol. The predicted molar refractivity (Wildman–Crippen MR) is 128 cm³/mol. The zero-order chi connectivity index (χ0) is 23.6. The average molecular weight is 475 g/mol. The predicted octanol–water partition coefficient (Wildman–Crippen LogP) is 3.44. The number of benzene rings is 1. The summed E-state index contributed by atoms with van der Waals surface area (Å²) >= 11 is 1.69. The summed E-state index contributed by atoms with van der Waals surface area (Å²) in [5, 5.41) is 12.3. The molecule has 0 fully saturated rings. The molecule has 2 atom stereocenters. The molecule has 1 aromatic carbocycles. The smallest absolute Gasteiger partial charge is 0.237 e. The lowest BCUT2D eigenvalue weighted by Crippen LogP contribution is -2.48. The Labute approximate surface area is 198 Å². The molecule has 178 valence electrons. The molecule has 3 rings (SSSR count). The van der Waals surface area contributed by atoms with E-state index in [0.29, 0.717) is 32.0 Å². The van der Waals surface area contributed by atoms with Crippen LogP contribution in [-0.2, 0) is 16.0 Å². The number of fused-ring (bicyclic) bond motifs is 1. The topological polar surface area (TPSA) is 62.2 Å². The first-order chi connectivity index (χ1) is 16.0. The zero-order valence-electron chi connectivity index (χ0n) is 18.7. The van der Waals surface area contributed by atoms with Crippen LogP contribution in [0.15, 0.2) is 61.0 Å². The molecule has 1 N–H and O–H groups in total. The lowest BCUT2D eigenvalue weighted by Gasteiger charge is -2.37. The van der Waals surface area contributed by atoms with E-state index in [1.54, 1.807) is 35.6 Å². The van der Waals surface area contributed by atoms with E-state index in [0.717, 1.165) is 12.0 Å². The highest BCUT2D eigenvalue weighted by atomic mass is 32.1. The van der Waals surface area contributed by atoms with E-state index >= 15 is 0 Å². The molecule has 0 bridgehead atoms. The summed E-state index contributed by atoms with van der Waals surface area (Å²) in [7, 11) is 0. The Balaban J connectivity index is 1.67. The summed E-state index contributed by atoms with van der Waals surface area (Å²) in [6, 6.07) is 7.68. The zero-order valence-corrected chi connectivity index (χ0v) is 19.5. The molecular formula is C25H31FN2O4S. The van der Waals surface area contributed by atoms with Crippen LogP contribution in [0.4, 0.5) is 4.39 Å².